The van der Waals surface area contributed by atoms with Crippen molar-refractivity contribution < 1.29 is 0 Å². The molecule has 0 spiro atoms. The van der Waals surface area contributed by atoms with E-state index < -0.39 is 5.69 Å². The summed E-state index contributed by atoms with van der Waals surface area (Å²) in [4.78, 5) is 21.3. The summed E-state index contributed by atoms with van der Waals surface area (Å²) in [6, 6.07) is 0.687. The fourth-order valence-electron chi connectivity index (χ4n) is 3.06. The number of aromatic nitrogens is 3. The number of fused-ring (bicyclic) bond motifs is 1. The lowest BCUT2D eigenvalue weighted by Crippen LogP contribution is -2.29. The third-order valence-electron chi connectivity index (χ3n) is 4.49. The van der Waals surface area contributed by atoms with Crippen molar-refractivity contribution in [1.82, 2.24) is 20.3 Å². The van der Waals surface area contributed by atoms with E-state index in [-0.39, 0.29) is 6.04 Å². The zero-order chi connectivity index (χ0) is 14.4. The molecule has 4 unspecified atom stereocenters. The maximum atomic E-state index is 11.6. The molecule has 7 heteroatoms. The molecule has 0 saturated carbocycles. The maximum absolute atomic E-state index is 11.6. The number of nitrogens with one attached hydrogen (secondary N) is 3. The lowest BCUT2D eigenvalue weighted by Gasteiger charge is -2.16. The van der Waals surface area contributed by atoms with Crippen LogP contribution in [0, 0.1) is 11.8 Å². The Hall–Kier alpha value is -0.825. The van der Waals surface area contributed by atoms with E-state index in [9.17, 15) is 4.79 Å². The molecule has 0 bridgehead atoms. The van der Waals surface area contributed by atoms with Crippen LogP contribution < -0.4 is 16.6 Å². The molecule has 2 aromatic heterocycles. The summed E-state index contributed by atoms with van der Waals surface area (Å²) < 4.78 is 1.07. The molecule has 1 aliphatic heterocycles. The van der Waals surface area contributed by atoms with Gasteiger partial charge in [-0.25, -0.2) is 4.79 Å². The minimum Gasteiger partial charge on any atom is -0.359 e. The highest BCUT2D eigenvalue weighted by atomic mass is 127. The number of halogens is 1. The van der Waals surface area contributed by atoms with Gasteiger partial charge in [0.25, 0.3) is 0 Å². The molecule has 1 saturated heterocycles. The Morgan fingerprint density at radius 3 is 2.80 bits per heavy atom. The van der Waals surface area contributed by atoms with Gasteiger partial charge in [-0.05, 0) is 17.4 Å². The molecule has 20 heavy (non-hydrogen) atoms. The largest absolute Gasteiger partial charge is 0.359 e. The third kappa shape index (κ3) is 2.11. The van der Waals surface area contributed by atoms with Crippen LogP contribution in [0.1, 0.15) is 25.5 Å². The molecule has 0 amide bonds. The number of hydrogen-bond donors (Lipinski definition) is 3. The van der Waals surface area contributed by atoms with Gasteiger partial charge >= 0.3 is 5.69 Å². The van der Waals surface area contributed by atoms with Crippen molar-refractivity contribution in [3.63, 3.8) is 0 Å². The standard InChI is InChI=1S/C13H16BIN4O/c1-5-6(2)9(17-8(5)3-15)7-4-16-11-10(7)18-13(20)19-12(11)14/h4-6,8-9,16-17H,3H2,1-2H3,(H,18,19,20). The first-order valence-electron chi connectivity index (χ1n) is 6.71. The van der Waals surface area contributed by atoms with Gasteiger partial charge in [0.05, 0.1) is 11.0 Å². The second kappa shape index (κ2) is 5.18. The summed E-state index contributed by atoms with van der Waals surface area (Å²) in [5, 5.41) is 3.65. The SMILES string of the molecule is [B]c1[nH]c(=O)nc2c(C3NC(CI)C(C)C3C)c[nH]c12. The predicted molar refractivity (Wildman–Crippen MR) is 89.0 cm³/mol. The number of aromatic amines is 2. The molecule has 3 heterocycles. The van der Waals surface area contributed by atoms with E-state index in [0.29, 0.717) is 34.5 Å². The maximum Gasteiger partial charge on any atom is 0.345 e. The van der Waals surface area contributed by atoms with E-state index in [2.05, 4.69) is 56.7 Å². The van der Waals surface area contributed by atoms with Crippen molar-refractivity contribution in [3.05, 3.63) is 22.2 Å². The second-order valence-corrected chi connectivity index (χ2v) is 6.43. The van der Waals surface area contributed by atoms with Crippen LogP contribution in [-0.4, -0.2) is 33.3 Å². The van der Waals surface area contributed by atoms with Gasteiger partial charge < -0.3 is 15.3 Å². The molecule has 2 aromatic rings. The summed E-state index contributed by atoms with van der Waals surface area (Å²) >= 11 is 2.41. The van der Waals surface area contributed by atoms with Crippen LogP contribution in [0.2, 0.25) is 0 Å². The Balaban J connectivity index is 2.09. The van der Waals surface area contributed by atoms with Gasteiger partial charge in [-0.2, -0.15) is 4.98 Å². The van der Waals surface area contributed by atoms with Gasteiger partial charge in [0.1, 0.15) is 7.85 Å². The topological polar surface area (TPSA) is 73.6 Å². The predicted octanol–water partition coefficient (Wildman–Crippen LogP) is 0.765. The van der Waals surface area contributed by atoms with Crippen molar-refractivity contribution in [3.8, 4) is 0 Å². The minimum absolute atomic E-state index is 0.201. The number of nitrogens with zero attached hydrogens (tertiary/aromatic N) is 1. The Morgan fingerprint density at radius 2 is 2.15 bits per heavy atom. The van der Waals surface area contributed by atoms with E-state index in [1.807, 2.05) is 6.20 Å². The number of H-pyrrole nitrogens is 2. The molecule has 1 fully saturated rings. The molecule has 5 nitrogen and oxygen atoms in total. The van der Waals surface area contributed by atoms with Crippen LogP contribution in [0.5, 0.6) is 0 Å². The highest BCUT2D eigenvalue weighted by Gasteiger charge is 2.38. The van der Waals surface area contributed by atoms with E-state index >= 15 is 0 Å². The van der Waals surface area contributed by atoms with Crippen LogP contribution in [0.25, 0.3) is 11.0 Å². The lowest BCUT2D eigenvalue weighted by molar-refractivity contribution is 0.411. The number of hydrogen-bond acceptors (Lipinski definition) is 3. The van der Waals surface area contributed by atoms with E-state index in [1.54, 1.807) is 0 Å². The Bertz CT molecular complexity index is 697. The number of rotatable bonds is 2. The summed E-state index contributed by atoms with van der Waals surface area (Å²) in [6.45, 7) is 4.51. The van der Waals surface area contributed by atoms with Crippen molar-refractivity contribution in [2.24, 2.45) is 11.8 Å². The Kier molecular flexibility index (Phi) is 3.66. The van der Waals surface area contributed by atoms with Gasteiger partial charge in [-0.3, -0.25) is 0 Å². The van der Waals surface area contributed by atoms with Crippen molar-refractivity contribution in [2.75, 3.05) is 4.43 Å². The van der Waals surface area contributed by atoms with Gasteiger partial charge in [0.2, 0.25) is 0 Å². The van der Waals surface area contributed by atoms with E-state index in [1.165, 1.54) is 0 Å². The zero-order valence-corrected chi connectivity index (χ0v) is 13.6. The number of alkyl halides is 1. The van der Waals surface area contributed by atoms with Gasteiger partial charge in [-0.1, -0.05) is 36.4 Å². The molecule has 2 radical (unpaired) electrons. The highest BCUT2D eigenvalue weighted by molar-refractivity contribution is 14.1. The fourth-order valence-corrected chi connectivity index (χ4v) is 4.12. The Labute approximate surface area is 131 Å². The lowest BCUT2D eigenvalue weighted by atomic mass is 9.88. The molecule has 0 aliphatic carbocycles. The summed E-state index contributed by atoms with van der Waals surface area (Å²) in [5.74, 6) is 1.07. The summed E-state index contributed by atoms with van der Waals surface area (Å²) in [5.41, 5.74) is 2.36. The molecule has 1 aliphatic rings. The van der Waals surface area contributed by atoms with Crippen LogP contribution in [0.4, 0.5) is 0 Å². The minimum atomic E-state index is -0.403. The summed E-state index contributed by atoms with van der Waals surface area (Å²) in [7, 11) is 5.84. The van der Waals surface area contributed by atoms with Crippen LogP contribution in [0.3, 0.4) is 0 Å². The fraction of sp³-hybridized carbons (Fsp3) is 0.538. The molecule has 0 aromatic carbocycles. The monoisotopic (exact) mass is 382 g/mol. The van der Waals surface area contributed by atoms with Gasteiger partial charge in [0.15, 0.2) is 0 Å². The first kappa shape index (κ1) is 14.1. The molecule has 3 N–H and O–H groups in total. The molecule has 3 rings (SSSR count). The zero-order valence-electron chi connectivity index (χ0n) is 11.4. The first-order chi connectivity index (χ1) is 9.52. The molecular formula is C13H16BIN4O. The normalized spacial score (nSPS) is 30.1. The summed E-state index contributed by atoms with van der Waals surface area (Å²) in [6.07, 6.45) is 1.91. The van der Waals surface area contributed by atoms with Gasteiger partial charge in [0, 0.05) is 28.3 Å². The second-order valence-electron chi connectivity index (χ2n) is 5.55. The Morgan fingerprint density at radius 1 is 1.40 bits per heavy atom. The van der Waals surface area contributed by atoms with Gasteiger partial charge in [-0.15, -0.1) is 0 Å². The molecular weight excluding hydrogens is 366 g/mol. The average molecular weight is 382 g/mol. The third-order valence-corrected chi connectivity index (χ3v) is 5.44. The highest BCUT2D eigenvalue weighted by Crippen LogP contribution is 2.38. The van der Waals surface area contributed by atoms with E-state index in [0.717, 1.165) is 9.99 Å². The van der Waals surface area contributed by atoms with Crippen LogP contribution >= 0.6 is 22.6 Å². The average Bonchev–Trinajstić information content (AvgIpc) is 2.93. The quantitative estimate of drug-likeness (QED) is 0.408. The van der Waals surface area contributed by atoms with Crippen molar-refractivity contribution in [2.45, 2.75) is 25.9 Å². The smallest absolute Gasteiger partial charge is 0.345 e. The van der Waals surface area contributed by atoms with Crippen molar-refractivity contribution in [1.29, 1.82) is 0 Å². The van der Waals surface area contributed by atoms with E-state index in [4.69, 9.17) is 7.85 Å². The molecule has 4 atom stereocenters. The van der Waals surface area contributed by atoms with Crippen LogP contribution in [0.15, 0.2) is 11.0 Å². The van der Waals surface area contributed by atoms with Crippen LogP contribution in [-0.2, 0) is 0 Å². The van der Waals surface area contributed by atoms with Crippen molar-refractivity contribution >= 4 is 47.1 Å². The first-order valence-corrected chi connectivity index (χ1v) is 8.24. The molecule has 104 valence electrons.